The first-order chi connectivity index (χ1) is 12.4. The van der Waals surface area contributed by atoms with Crippen LogP contribution in [0.4, 0.5) is 13.2 Å². The van der Waals surface area contributed by atoms with Gasteiger partial charge in [0.05, 0.1) is 6.61 Å². The molecule has 2 aromatic carbocycles. The van der Waals surface area contributed by atoms with Gasteiger partial charge >= 0.3 is 6.18 Å². The third-order valence-corrected chi connectivity index (χ3v) is 4.42. The largest absolute Gasteiger partial charge is 0.493 e. The van der Waals surface area contributed by atoms with E-state index in [-0.39, 0.29) is 24.3 Å². The van der Waals surface area contributed by atoms with E-state index in [1.165, 1.54) is 6.07 Å². The first-order valence-electron chi connectivity index (χ1n) is 8.69. The van der Waals surface area contributed by atoms with Gasteiger partial charge in [-0.3, -0.25) is 10.2 Å². The zero-order chi connectivity index (χ0) is 18.7. The number of fused-ring (bicyclic) bond motifs is 1. The summed E-state index contributed by atoms with van der Waals surface area (Å²) in [5, 5.41) is 2.41. The highest BCUT2D eigenvalue weighted by Crippen LogP contribution is 2.44. The van der Waals surface area contributed by atoms with E-state index in [4.69, 9.17) is 4.74 Å². The molecule has 1 heterocycles. The van der Waals surface area contributed by atoms with Crippen molar-refractivity contribution in [3.63, 3.8) is 0 Å². The fourth-order valence-corrected chi connectivity index (χ4v) is 3.16. The highest BCUT2D eigenvalue weighted by Gasteiger charge is 2.48. The molecule has 4 nitrogen and oxygen atoms in total. The van der Waals surface area contributed by atoms with Crippen LogP contribution in [0.5, 0.6) is 5.75 Å². The summed E-state index contributed by atoms with van der Waals surface area (Å²) in [6.07, 6.45) is -2.88. The van der Waals surface area contributed by atoms with Gasteiger partial charge in [0, 0.05) is 23.9 Å². The molecule has 140 valence electrons. The summed E-state index contributed by atoms with van der Waals surface area (Å²) in [5.41, 5.74) is 2.34. The average Bonchev–Trinajstić information content (AvgIpc) is 3.01. The predicted octanol–water partition coefficient (Wildman–Crippen LogP) is 4.36. The van der Waals surface area contributed by atoms with Crippen molar-refractivity contribution < 1.29 is 22.7 Å². The fourth-order valence-electron chi connectivity index (χ4n) is 3.16. The maximum Gasteiger partial charge on any atom is 0.410 e. The third-order valence-electron chi connectivity index (χ3n) is 4.42. The van der Waals surface area contributed by atoms with Gasteiger partial charge in [-0.2, -0.15) is 13.2 Å². The van der Waals surface area contributed by atoms with Crippen LogP contribution in [-0.2, 0) is 4.79 Å². The van der Waals surface area contributed by atoms with Gasteiger partial charge < -0.3 is 4.74 Å². The Morgan fingerprint density at radius 1 is 1.23 bits per heavy atom. The van der Waals surface area contributed by atoms with Gasteiger partial charge in [-0.15, -0.1) is 0 Å². The summed E-state index contributed by atoms with van der Waals surface area (Å²) < 4.78 is 47.5. The molecule has 2 aromatic rings. The number of benzene rings is 2. The number of alkyl halides is 3. The van der Waals surface area contributed by atoms with Crippen molar-refractivity contribution in [2.45, 2.75) is 38.4 Å². The molecule has 0 unspecified atom stereocenters. The molecule has 0 bridgehead atoms. The Balaban J connectivity index is 2.10. The maximum atomic E-state index is 13.9. The lowest BCUT2D eigenvalue weighted by molar-refractivity contribution is -0.191. The zero-order valence-electron chi connectivity index (χ0n) is 14.5. The highest BCUT2D eigenvalue weighted by molar-refractivity contribution is 5.90. The lowest BCUT2D eigenvalue weighted by Crippen LogP contribution is -2.43. The Labute approximate surface area is 149 Å². The molecule has 0 spiro atoms. The number of unbranched alkanes of at least 4 members (excludes halogenated alkanes) is 1. The van der Waals surface area contributed by atoms with Gasteiger partial charge in [0.1, 0.15) is 5.75 Å². The molecule has 0 saturated carbocycles. The second-order valence-corrected chi connectivity index (χ2v) is 6.33. The summed E-state index contributed by atoms with van der Waals surface area (Å²) in [4.78, 5) is 11.5. The topological polar surface area (TPSA) is 41.6 Å². The van der Waals surface area contributed by atoms with Gasteiger partial charge in [0.15, 0.2) is 6.04 Å². The number of rotatable bonds is 6. The molecule has 0 radical (unpaired) electrons. The van der Waals surface area contributed by atoms with E-state index in [9.17, 15) is 18.0 Å². The number of ether oxygens (including phenoxy) is 1. The van der Waals surface area contributed by atoms with Crippen molar-refractivity contribution in [3.05, 3.63) is 42.0 Å². The number of halogens is 3. The van der Waals surface area contributed by atoms with Crippen molar-refractivity contribution in [1.82, 2.24) is 10.4 Å². The SMILES string of the molecule is CCCCOc1c([C@H](N2CCC(=O)N2)C(F)(F)F)ccc2ccccc12. The van der Waals surface area contributed by atoms with Crippen LogP contribution in [0.25, 0.3) is 10.8 Å². The van der Waals surface area contributed by atoms with E-state index in [0.29, 0.717) is 12.0 Å². The Morgan fingerprint density at radius 3 is 2.65 bits per heavy atom. The minimum Gasteiger partial charge on any atom is -0.493 e. The summed E-state index contributed by atoms with van der Waals surface area (Å²) in [5.74, 6) is -0.173. The Bertz CT molecular complexity index is 792. The third kappa shape index (κ3) is 3.77. The summed E-state index contributed by atoms with van der Waals surface area (Å²) in [6.45, 7) is 2.34. The molecule has 0 aliphatic carbocycles. The van der Waals surface area contributed by atoms with Gasteiger partial charge in [-0.05, 0) is 11.8 Å². The van der Waals surface area contributed by atoms with Gasteiger partial charge in [0.25, 0.3) is 0 Å². The van der Waals surface area contributed by atoms with E-state index >= 15 is 0 Å². The predicted molar refractivity (Wildman–Crippen MR) is 92.6 cm³/mol. The second kappa shape index (κ2) is 7.53. The van der Waals surface area contributed by atoms with Crippen LogP contribution in [0.15, 0.2) is 36.4 Å². The molecule has 1 N–H and O–H groups in total. The maximum absolute atomic E-state index is 13.9. The van der Waals surface area contributed by atoms with E-state index in [0.717, 1.165) is 23.2 Å². The summed E-state index contributed by atoms with van der Waals surface area (Å²) in [7, 11) is 0. The molecule has 1 fully saturated rings. The first-order valence-corrected chi connectivity index (χ1v) is 8.69. The second-order valence-electron chi connectivity index (χ2n) is 6.33. The summed E-state index contributed by atoms with van der Waals surface area (Å²) in [6, 6.07) is 8.37. The quantitative estimate of drug-likeness (QED) is 0.773. The zero-order valence-corrected chi connectivity index (χ0v) is 14.5. The van der Waals surface area contributed by atoms with Crippen LogP contribution in [0.1, 0.15) is 37.8 Å². The Hall–Kier alpha value is -2.28. The van der Waals surface area contributed by atoms with Crippen LogP contribution in [-0.4, -0.2) is 30.2 Å². The molecular formula is C19H21F3N2O2. The van der Waals surface area contributed by atoms with E-state index < -0.39 is 18.1 Å². The molecule has 1 atom stereocenters. The number of hydrogen-bond acceptors (Lipinski definition) is 3. The lowest BCUT2D eigenvalue weighted by Gasteiger charge is -2.31. The molecule has 1 aliphatic rings. The molecule has 1 saturated heterocycles. The molecule has 0 aromatic heterocycles. The molecule has 3 rings (SSSR count). The molecule has 7 heteroatoms. The Morgan fingerprint density at radius 2 is 2.00 bits per heavy atom. The van der Waals surface area contributed by atoms with Crippen molar-refractivity contribution >= 4 is 16.7 Å². The van der Waals surface area contributed by atoms with Crippen LogP contribution < -0.4 is 10.2 Å². The number of amides is 1. The van der Waals surface area contributed by atoms with E-state index in [2.05, 4.69) is 5.43 Å². The van der Waals surface area contributed by atoms with Gasteiger partial charge in [-0.1, -0.05) is 49.7 Å². The normalized spacial score (nSPS) is 16.7. The first kappa shape index (κ1) is 18.5. The van der Waals surface area contributed by atoms with Crippen LogP contribution in [0, 0.1) is 0 Å². The molecule has 1 amide bonds. The molecular weight excluding hydrogens is 345 g/mol. The number of carbonyl (C=O) groups excluding carboxylic acids is 1. The Kier molecular flexibility index (Phi) is 5.36. The monoisotopic (exact) mass is 366 g/mol. The number of hydrazine groups is 1. The number of nitrogens with one attached hydrogen (secondary N) is 1. The average molecular weight is 366 g/mol. The minimum atomic E-state index is -4.55. The van der Waals surface area contributed by atoms with E-state index in [1.54, 1.807) is 18.2 Å². The van der Waals surface area contributed by atoms with Gasteiger partial charge in [0.2, 0.25) is 5.91 Å². The number of carbonyl (C=O) groups is 1. The highest BCUT2D eigenvalue weighted by atomic mass is 19.4. The van der Waals surface area contributed by atoms with Crippen molar-refractivity contribution in [2.75, 3.05) is 13.2 Å². The fraction of sp³-hybridized carbons (Fsp3) is 0.421. The van der Waals surface area contributed by atoms with E-state index in [1.807, 2.05) is 19.1 Å². The molecule has 1 aliphatic heterocycles. The van der Waals surface area contributed by atoms with Gasteiger partial charge in [-0.25, -0.2) is 5.01 Å². The van der Waals surface area contributed by atoms with Crippen LogP contribution in [0.3, 0.4) is 0 Å². The van der Waals surface area contributed by atoms with Crippen molar-refractivity contribution in [3.8, 4) is 5.75 Å². The standard InChI is InChI=1S/C19H21F3N2O2/c1-2-3-12-26-17-14-7-5-4-6-13(14)8-9-15(17)18(19(20,21)22)24-11-10-16(25)23-24/h4-9,18H,2-3,10-12H2,1H3,(H,23,25)/t18-/m0/s1. The number of hydrogen-bond donors (Lipinski definition) is 1. The van der Waals surface area contributed by atoms with Crippen LogP contribution >= 0.6 is 0 Å². The van der Waals surface area contributed by atoms with Crippen LogP contribution in [0.2, 0.25) is 0 Å². The minimum absolute atomic E-state index is 0.00420. The van der Waals surface area contributed by atoms with Crippen molar-refractivity contribution in [1.29, 1.82) is 0 Å². The lowest BCUT2D eigenvalue weighted by atomic mass is 9.99. The summed E-state index contributed by atoms with van der Waals surface area (Å²) >= 11 is 0. The smallest absolute Gasteiger partial charge is 0.410 e. The molecule has 26 heavy (non-hydrogen) atoms. The van der Waals surface area contributed by atoms with Crippen molar-refractivity contribution in [2.24, 2.45) is 0 Å². The number of nitrogens with zero attached hydrogens (tertiary/aromatic N) is 1.